The van der Waals surface area contributed by atoms with E-state index in [1.807, 2.05) is 60.1 Å². The van der Waals surface area contributed by atoms with E-state index >= 15 is 0 Å². The Morgan fingerprint density at radius 1 is 1.14 bits per heavy atom. The van der Waals surface area contributed by atoms with E-state index in [0.29, 0.717) is 11.3 Å². The van der Waals surface area contributed by atoms with Crippen molar-refractivity contribution in [2.24, 2.45) is 0 Å². The molecular formula is C21H20N4O2S. The summed E-state index contributed by atoms with van der Waals surface area (Å²) in [6.45, 7) is -0.122. The summed E-state index contributed by atoms with van der Waals surface area (Å²) >= 11 is 1.36. The number of aromatic nitrogens is 2. The van der Waals surface area contributed by atoms with Crippen LogP contribution in [0.4, 0.5) is 11.4 Å². The van der Waals surface area contributed by atoms with Gasteiger partial charge in [-0.05, 0) is 35.6 Å². The van der Waals surface area contributed by atoms with Crippen molar-refractivity contribution in [3.05, 3.63) is 76.7 Å². The molecule has 0 aliphatic heterocycles. The van der Waals surface area contributed by atoms with E-state index in [2.05, 4.69) is 20.6 Å². The number of aromatic amines is 1. The SMILES string of the molecule is O=C(N[C@@H](CO)Cc1ccccc1)c1sccc1Nc1ccnc2[nH]ccc12. The highest BCUT2D eigenvalue weighted by atomic mass is 32.1. The molecule has 0 radical (unpaired) electrons. The first-order chi connectivity index (χ1) is 13.7. The van der Waals surface area contributed by atoms with Gasteiger partial charge in [0.15, 0.2) is 0 Å². The third kappa shape index (κ3) is 3.90. The number of thiophene rings is 1. The molecule has 4 rings (SSSR count). The van der Waals surface area contributed by atoms with Crippen molar-refractivity contribution < 1.29 is 9.90 Å². The highest BCUT2D eigenvalue weighted by molar-refractivity contribution is 7.12. The van der Waals surface area contributed by atoms with Gasteiger partial charge in [-0.15, -0.1) is 11.3 Å². The molecule has 0 aliphatic carbocycles. The van der Waals surface area contributed by atoms with Crippen molar-refractivity contribution in [2.45, 2.75) is 12.5 Å². The number of nitrogens with one attached hydrogen (secondary N) is 3. The fourth-order valence-electron chi connectivity index (χ4n) is 3.11. The molecule has 4 N–H and O–H groups in total. The van der Waals surface area contributed by atoms with Gasteiger partial charge in [-0.25, -0.2) is 4.98 Å². The number of carbonyl (C=O) groups is 1. The van der Waals surface area contributed by atoms with Crippen molar-refractivity contribution in [3.8, 4) is 0 Å². The van der Waals surface area contributed by atoms with E-state index in [1.54, 1.807) is 6.20 Å². The summed E-state index contributed by atoms with van der Waals surface area (Å²) in [6.07, 6.45) is 4.12. The minimum absolute atomic E-state index is 0.122. The molecule has 0 aliphatic rings. The monoisotopic (exact) mass is 392 g/mol. The Hall–Kier alpha value is -3.16. The molecule has 3 heterocycles. The Kier molecular flexibility index (Phi) is 5.36. The number of H-pyrrole nitrogens is 1. The first kappa shape index (κ1) is 18.2. The highest BCUT2D eigenvalue weighted by Gasteiger charge is 2.18. The summed E-state index contributed by atoms with van der Waals surface area (Å²) < 4.78 is 0. The maximum atomic E-state index is 12.8. The van der Waals surface area contributed by atoms with Crippen molar-refractivity contribution in [2.75, 3.05) is 11.9 Å². The topological polar surface area (TPSA) is 90.0 Å². The Labute approximate surface area is 166 Å². The predicted molar refractivity (Wildman–Crippen MR) is 112 cm³/mol. The second-order valence-corrected chi connectivity index (χ2v) is 7.35. The first-order valence-electron chi connectivity index (χ1n) is 8.97. The molecule has 142 valence electrons. The number of aliphatic hydroxyl groups is 1. The van der Waals surface area contributed by atoms with E-state index in [4.69, 9.17) is 0 Å². The molecule has 7 heteroatoms. The van der Waals surface area contributed by atoms with Gasteiger partial charge in [-0.3, -0.25) is 4.79 Å². The molecule has 0 saturated carbocycles. The minimum Gasteiger partial charge on any atom is -0.394 e. The molecule has 28 heavy (non-hydrogen) atoms. The zero-order valence-electron chi connectivity index (χ0n) is 15.1. The van der Waals surface area contributed by atoms with E-state index in [1.165, 1.54) is 11.3 Å². The molecule has 6 nitrogen and oxygen atoms in total. The quantitative estimate of drug-likeness (QED) is 0.386. The number of rotatable bonds is 7. The van der Waals surface area contributed by atoms with Gasteiger partial charge in [0.2, 0.25) is 0 Å². The number of pyridine rings is 1. The smallest absolute Gasteiger partial charge is 0.263 e. The van der Waals surface area contributed by atoms with Gasteiger partial charge >= 0.3 is 0 Å². The Morgan fingerprint density at radius 3 is 2.82 bits per heavy atom. The summed E-state index contributed by atoms with van der Waals surface area (Å²) in [4.78, 5) is 20.8. The van der Waals surface area contributed by atoms with Crippen molar-refractivity contribution in [1.29, 1.82) is 0 Å². The predicted octanol–water partition coefficient (Wildman–Crippen LogP) is 3.70. The largest absolute Gasteiger partial charge is 0.394 e. The van der Waals surface area contributed by atoms with E-state index in [9.17, 15) is 9.90 Å². The van der Waals surface area contributed by atoms with Crippen LogP contribution in [0.5, 0.6) is 0 Å². The molecule has 1 atom stereocenters. The zero-order valence-corrected chi connectivity index (χ0v) is 15.9. The van der Waals surface area contributed by atoms with Crippen molar-refractivity contribution in [3.63, 3.8) is 0 Å². The van der Waals surface area contributed by atoms with Gasteiger partial charge in [-0.2, -0.15) is 0 Å². The average Bonchev–Trinajstić information content (AvgIpc) is 3.38. The van der Waals surface area contributed by atoms with Crippen LogP contribution in [-0.2, 0) is 6.42 Å². The lowest BCUT2D eigenvalue weighted by Gasteiger charge is -2.17. The molecule has 0 fully saturated rings. The third-order valence-electron chi connectivity index (χ3n) is 4.48. The van der Waals surface area contributed by atoms with Crippen LogP contribution < -0.4 is 10.6 Å². The van der Waals surface area contributed by atoms with Crippen LogP contribution in [0.15, 0.2) is 66.3 Å². The molecule has 1 aromatic carbocycles. The lowest BCUT2D eigenvalue weighted by Crippen LogP contribution is -2.38. The number of aliphatic hydroxyl groups excluding tert-OH is 1. The van der Waals surface area contributed by atoms with Crippen LogP contribution in [0.2, 0.25) is 0 Å². The van der Waals surface area contributed by atoms with Crippen LogP contribution in [0.25, 0.3) is 11.0 Å². The second kappa shape index (κ2) is 8.24. The van der Waals surface area contributed by atoms with Crippen molar-refractivity contribution >= 4 is 39.7 Å². The fourth-order valence-corrected chi connectivity index (χ4v) is 3.86. The maximum Gasteiger partial charge on any atom is 0.263 e. The second-order valence-electron chi connectivity index (χ2n) is 6.43. The standard InChI is InChI=1S/C21H20N4O2S/c26-13-15(12-14-4-2-1-3-5-14)24-21(27)19-18(8-11-28-19)25-17-7-10-23-20-16(17)6-9-22-20/h1-11,15,26H,12-13H2,(H,24,27)(H2,22,23,25)/t15-/m1/s1. The Balaban J connectivity index is 1.50. The van der Waals surface area contributed by atoms with Gasteiger partial charge in [-0.1, -0.05) is 30.3 Å². The molecule has 1 amide bonds. The van der Waals surface area contributed by atoms with Crippen LogP contribution in [-0.4, -0.2) is 33.6 Å². The summed E-state index contributed by atoms with van der Waals surface area (Å²) in [5, 5.41) is 18.8. The average molecular weight is 392 g/mol. The summed E-state index contributed by atoms with van der Waals surface area (Å²) in [5.41, 5.74) is 3.46. The van der Waals surface area contributed by atoms with Crippen LogP contribution in [0.1, 0.15) is 15.2 Å². The number of benzene rings is 1. The van der Waals surface area contributed by atoms with Gasteiger partial charge in [0.05, 0.1) is 24.0 Å². The number of hydrogen-bond donors (Lipinski definition) is 4. The third-order valence-corrected chi connectivity index (χ3v) is 5.39. The number of carbonyl (C=O) groups excluding carboxylic acids is 1. The highest BCUT2D eigenvalue weighted by Crippen LogP contribution is 2.29. The molecule has 4 aromatic rings. The van der Waals surface area contributed by atoms with Crippen molar-refractivity contribution in [1.82, 2.24) is 15.3 Å². The number of amides is 1. The normalized spacial score (nSPS) is 12.0. The Bertz CT molecular complexity index is 1070. The Morgan fingerprint density at radius 2 is 2.00 bits per heavy atom. The van der Waals surface area contributed by atoms with Gasteiger partial charge in [0.25, 0.3) is 5.91 Å². The van der Waals surface area contributed by atoms with Gasteiger partial charge in [0, 0.05) is 17.8 Å². The van der Waals surface area contributed by atoms with E-state index in [0.717, 1.165) is 28.0 Å². The van der Waals surface area contributed by atoms with Crippen LogP contribution in [0, 0.1) is 0 Å². The molecular weight excluding hydrogens is 372 g/mol. The molecule has 3 aromatic heterocycles. The van der Waals surface area contributed by atoms with Gasteiger partial charge < -0.3 is 20.7 Å². The molecule has 0 spiro atoms. The summed E-state index contributed by atoms with van der Waals surface area (Å²) in [5.74, 6) is -0.202. The molecule has 0 unspecified atom stereocenters. The van der Waals surface area contributed by atoms with Crippen LogP contribution >= 0.6 is 11.3 Å². The summed E-state index contributed by atoms with van der Waals surface area (Å²) in [6, 6.07) is 15.2. The lowest BCUT2D eigenvalue weighted by atomic mass is 10.1. The zero-order chi connectivity index (χ0) is 19.3. The van der Waals surface area contributed by atoms with E-state index in [-0.39, 0.29) is 18.6 Å². The van der Waals surface area contributed by atoms with E-state index < -0.39 is 0 Å². The molecule has 0 saturated heterocycles. The first-order valence-corrected chi connectivity index (χ1v) is 9.85. The summed E-state index contributed by atoms with van der Waals surface area (Å²) in [7, 11) is 0. The molecule has 0 bridgehead atoms. The fraction of sp³-hybridized carbons (Fsp3) is 0.143. The number of nitrogens with zero attached hydrogens (tertiary/aromatic N) is 1. The number of anilines is 2. The van der Waals surface area contributed by atoms with Crippen LogP contribution in [0.3, 0.4) is 0 Å². The lowest BCUT2D eigenvalue weighted by molar-refractivity contribution is 0.0921. The van der Waals surface area contributed by atoms with Gasteiger partial charge in [0.1, 0.15) is 10.5 Å². The minimum atomic E-state index is -0.345. The maximum absolute atomic E-state index is 12.8. The number of hydrogen-bond acceptors (Lipinski definition) is 5. The number of fused-ring (bicyclic) bond motifs is 1.